The molecule has 1 aromatic rings. The van der Waals surface area contributed by atoms with Crippen molar-refractivity contribution in [1.29, 1.82) is 0 Å². The van der Waals surface area contributed by atoms with E-state index in [1.54, 1.807) is 31.2 Å². The van der Waals surface area contributed by atoms with Crippen molar-refractivity contribution >= 4 is 15.9 Å². The lowest BCUT2D eigenvalue weighted by Crippen LogP contribution is -2.29. The van der Waals surface area contributed by atoms with E-state index < -0.39 is 15.9 Å². The van der Waals surface area contributed by atoms with Crippen molar-refractivity contribution in [2.45, 2.75) is 79.6 Å². The molecule has 0 saturated heterocycles. The van der Waals surface area contributed by atoms with E-state index in [-0.39, 0.29) is 0 Å². The van der Waals surface area contributed by atoms with E-state index in [1.165, 1.54) is 44.9 Å². The number of unbranched alkanes of at least 4 members (excludes halogenated alkanes) is 6. The Kier molecular flexibility index (Phi) is 16.7. The van der Waals surface area contributed by atoms with Crippen LogP contribution < -0.4 is 4.72 Å². The molecule has 0 saturated carbocycles. The van der Waals surface area contributed by atoms with Crippen molar-refractivity contribution in [1.82, 2.24) is 4.72 Å². The summed E-state index contributed by atoms with van der Waals surface area (Å²) in [6.45, 7) is 10.3. The first kappa shape index (κ1) is 25.9. The third kappa shape index (κ3) is 15.9. The zero-order valence-electron chi connectivity index (χ0n) is 16.9. The smallest absolute Gasteiger partial charge is 0.264 e. The highest BCUT2D eigenvalue weighted by Crippen LogP contribution is 2.07. The number of carbonyl (C=O) groups is 1. The van der Waals surface area contributed by atoms with Crippen LogP contribution in [0.4, 0.5) is 0 Å². The van der Waals surface area contributed by atoms with Crippen LogP contribution in [-0.2, 0) is 10.0 Å². The predicted octanol–water partition coefficient (Wildman–Crippen LogP) is 5.47. The second-order valence-electron chi connectivity index (χ2n) is 5.79. The van der Waals surface area contributed by atoms with Crippen molar-refractivity contribution in [2.24, 2.45) is 0 Å². The zero-order valence-corrected chi connectivity index (χ0v) is 17.7. The molecule has 0 fully saturated rings. The van der Waals surface area contributed by atoms with Crippen LogP contribution in [0.25, 0.3) is 0 Å². The van der Waals surface area contributed by atoms with Gasteiger partial charge in [-0.1, -0.05) is 90.8 Å². The summed E-state index contributed by atoms with van der Waals surface area (Å²) in [5.41, 5.74) is 1.12. The maximum absolute atomic E-state index is 11.4. The lowest BCUT2D eigenvalue weighted by atomic mass is 10.1. The molecule has 0 radical (unpaired) electrons. The summed E-state index contributed by atoms with van der Waals surface area (Å²) in [6.07, 6.45) is 10.9. The highest BCUT2D eigenvalue weighted by Gasteiger charge is 2.12. The number of aryl methyl sites for hydroxylation is 1. The summed E-state index contributed by atoms with van der Waals surface area (Å²) < 4.78 is 23.5. The van der Waals surface area contributed by atoms with Gasteiger partial charge in [0, 0.05) is 5.56 Å². The Balaban J connectivity index is 0. The quantitative estimate of drug-likeness (QED) is 0.616. The molecule has 0 aromatic heterocycles. The summed E-state index contributed by atoms with van der Waals surface area (Å²) in [5, 5.41) is 0. The first-order chi connectivity index (χ1) is 11.8. The number of amides is 1. The van der Waals surface area contributed by atoms with Gasteiger partial charge in [0.05, 0.1) is 6.26 Å². The molecular weight excluding hydrogens is 334 g/mol. The van der Waals surface area contributed by atoms with E-state index in [0.717, 1.165) is 11.8 Å². The van der Waals surface area contributed by atoms with Gasteiger partial charge in [-0.05, 0) is 18.6 Å². The second kappa shape index (κ2) is 16.1. The molecule has 0 spiro atoms. The second-order valence-corrected chi connectivity index (χ2v) is 7.53. The fourth-order valence-electron chi connectivity index (χ4n) is 2.08. The predicted molar refractivity (Wildman–Crippen MR) is 109 cm³/mol. The van der Waals surface area contributed by atoms with Gasteiger partial charge >= 0.3 is 0 Å². The largest absolute Gasteiger partial charge is 0.268 e. The standard InChI is InChI=1S/C9H11NO3S.C9H20.C2H6/c1-7-5-3-4-6-8(7)9(11)10-14(2,12)13;1-3-5-7-9-8-6-4-2;1-2/h3-6H,1-2H3,(H,10,11);3-9H2,1-2H3;1-2H3. The molecule has 1 aromatic carbocycles. The number of rotatable bonds is 8. The number of carbonyl (C=O) groups excluding carboxylic acids is 1. The van der Waals surface area contributed by atoms with Gasteiger partial charge in [-0.25, -0.2) is 13.1 Å². The molecule has 1 amide bonds. The Morgan fingerprint density at radius 2 is 1.36 bits per heavy atom. The Hall–Kier alpha value is -1.36. The van der Waals surface area contributed by atoms with Crippen LogP contribution in [0.15, 0.2) is 24.3 Å². The number of hydrogen-bond acceptors (Lipinski definition) is 3. The highest BCUT2D eigenvalue weighted by atomic mass is 32.2. The van der Waals surface area contributed by atoms with Crippen molar-refractivity contribution < 1.29 is 13.2 Å². The van der Waals surface area contributed by atoms with E-state index in [2.05, 4.69) is 13.8 Å². The summed E-state index contributed by atoms with van der Waals surface area (Å²) in [6, 6.07) is 6.80. The van der Waals surface area contributed by atoms with Gasteiger partial charge in [0.15, 0.2) is 0 Å². The Morgan fingerprint density at radius 3 is 1.76 bits per heavy atom. The van der Waals surface area contributed by atoms with Gasteiger partial charge in [0.25, 0.3) is 5.91 Å². The molecule has 4 nitrogen and oxygen atoms in total. The lowest BCUT2D eigenvalue weighted by molar-refractivity contribution is 0.0981. The summed E-state index contributed by atoms with van der Waals surface area (Å²) in [7, 11) is -3.49. The first-order valence-corrected chi connectivity index (χ1v) is 11.3. The van der Waals surface area contributed by atoms with Gasteiger partial charge in [-0.2, -0.15) is 0 Å². The zero-order chi connectivity index (χ0) is 19.7. The van der Waals surface area contributed by atoms with Crippen molar-refractivity contribution in [3.8, 4) is 0 Å². The fourth-order valence-corrected chi connectivity index (χ4v) is 2.53. The van der Waals surface area contributed by atoms with Crippen LogP contribution >= 0.6 is 0 Å². The Morgan fingerprint density at radius 1 is 0.920 bits per heavy atom. The van der Waals surface area contributed by atoms with E-state index in [4.69, 9.17) is 0 Å². The number of sulfonamides is 1. The molecule has 146 valence electrons. The lowest BCUT2D eigenvalue weighted by Gasteiger charge is -2.04. The molecule has 25 heavy (non-hydrogen) atoms. The maximum atomic E-state index is 11.4. The number of nitrogens with one attached hydrogen (secondary N) is 1. The molecule has 0 heterocycles. The van der Waals surface area contributed by atoms with Gasteiger partial charge in [0.2, 0.25) is 10.0 Å². The van der Waals surface area contributed by atoms with Crippen LogP contribution in [0.2, 0.25) is 0 Å². The average molecular weight is 372 g/mol. The summed E-state index contributed by atoms with van der Waals surface area (Å²) in [4.78, 5) is 11.4. The Bertz CT molecular complexity index is 548. The van der Waals surface area contributed by atoms with Crippen molar-refractivity contribution in [3.63, 3.8) is 0 Å². The molecule has 5 heteroatoms. The molecule has 0 unspecified atom stereocenters. The molecule has 0 atom stereocenters. The normalized spacial score (nSPS) is 10.0. The van der Waals surface area contributed by atoms with Crippen LogP contribution in [0.1, 0.15) is 88.6 Å². The number of hydrogen-bond donors (Lipinski definition) is 1. The number of benzene rings is 1. The van der Waals surface area contributed by atoms with Gasteiger partial charge in [-0.3, -0.25) is 4.79 Å². The van der Waals surface area contributed by atoms with Crippen molar-refractivity contribution in [2.75, 3.05) is 6.26 Å². The molecule has 0 bridgehead atoms. The van der Waals surface area contributed by atoms with Crippen molar-refractivity contribution in [3.05, 3.63) is 35.4 Å². The first-order valence-electron chi connectivity index (χ1n) is 9.39. The van der Waals surface area contributed by atoms with E-state index in [9.17, 15) is 13.2 Å². The van der Waals surface area contributed by atoms with E-state index in [1.807, 2.05) is 18.6 Å². The van der Waals surface area contributed by atoms with Crippen LogP contribution in [-0.4, -0.2) is 20.6 Å². The minimum absolute atomic E-state index is 0.373. The topological polar surface area (TPSA) is 63.2 Å². The van der Waals surface area contributed by atoms with E-state index >= 15 is 0 Å². The molecule has 0 aliphatic heterocycles. The molecular formula is C20H37NO3S. The molecule has 0 aliphatic rings. The maximum Gasteiger partial charge on any atom is 0.264 e. The molecule has 1 rings (SSSR count). The van der Waals surface area contributed by atoms with Crippen LogP contribution in [0, 0.1) is 6.92 Å². The monoisotopic (exact) mass is 371 g/mol. The van der Waals surface area contributed by atoms with Gasteiger partial charge < -0.3 is 0 Å². The summed E-state index contributed by atoms with van der Waals surface area (Å²) >= 11 is 0. The highest BCUT2D eigenvalue weighted by molar-refractivity contribution is 7.89. The minimum Gasteiger partial charge on any atom is -0.268 e. The third-order valence-electron chi connectivity index (χ3n) is 3.37. The molecule has 0 aliphatic carbocycles. The van der Waals surface area contributed by atoms with Crippen LogP contribution in [0.5, 0.6) is 0 Å². The SMILES string of the molecule is CC.CCCCCCCCC.Cc1ccccc1C(=O)NS(C)(=O)=O. The fraction of sp³-hybridized carbons (Fsp3) is 0.650. The van der Waals surface area contributed by atoms with Gasteiger partial charge in [0.1, 0.15) is 0 Å². The summed E-state index contributed by atoms with van der Waals surface area (Å²) in [5.74, 6) is -0.592. The Labute approximate surface area is 155 Å². The minimum atomic E-state index is -3.49. The average Bonchev–Trinajstić information content (AvgIpc) is 2.56. The van der Waals surface area contributed by atoms with E-state index in [0.29, 0.717) is 5.56 Å². The molecule has 1 N–H and O–H groups in total. The van der Waals surface area contributed by atoms with Gasteiger partial charge in [-0.15, -0.1) is 0 Å². The third-order valence-corrected chi connectivity index (χ3v) is 3.93. The van der Waals surface area contributed by atoms with Crippen LogP contribution in [0.3, 0.4) is 0 Å².